The number of hydrogen-bond donors (Lipinski definition) is 0. The summed E-state index contributed by atoms with van der Waals surface area (Å²) in [6.07, 6.45) is 3.59. The molecule has 3 rings (SSSR count). The maximum absolute atomic E-state index is 6.18. The van der Waals surface area contributed by atoms with E-state index in [-0.39, 0.29) is 11.7 Å². The van der Waals surface area contributed by atoms with E-state index in [1.807, 2.05) is 13.0 Å². The smallest absolute Gasteiger partial charge is 0.128 e. The fraction of sp³-hybridized carbons (Fsp3) is 0.611. The maximum atomic E-state index is 6.18. The number of hydrogen-bond acceptors (Lipinski definition) is 3. The van der Waals surface area contributed by atoms with Gasteiger partial charge in [-0.1, -0.05) is 18.7 Å². The van der Waals surface area contributed by atoms with E-state index in [4.69, 9.17) is 9.72 Å². The second-order valence-electron chi connectivity index (χ2n) is 7.60. The lowest BCUT2D eigenvalue weighted by Gasteiger charge is -2.26. The second-order valence-corrected chi connectivity index (χ2v) is 7.60. The molecule has 4 heteroatoms. The monoisotopic (exact) mass is 301 g/mol. The first-order valence-electron chi connectivity index (χ1n) is 8.05. The van der Waals surface area contributed by atoms with Crippen LogP contribution in [0, 0.1) is 0 Å². The third-order valence-corrected chi connectivity index (χ3v) is 4.42. The summed E-state index contributed by atoms with van der Waals surface area (Å²) in [6, 6.07) is 0.343. The molecule has 22 heavy (non-hydrogen) atoms. The molecule has 4 nitrogen and oxygen atoms in total. The first kappa shape index (κ1) is 15.5. The van der Waals surface area contributed by atoms with Crippen LogP contribution in [0.25, 0.3) is 12.7 Å². The summed E-state index contributed by atoms with van der Waals surface area (Å²) >= 11 is 0. The fourth-order valence-electron chi connectivity index (χ4n) is 3.73. The number of ether oxygens (including phenoxy) is 1. The molecule has 1 saturated heterocycles. The summed E-state index contributed by atoms with van der Waals surface area (Å²) in [5.74, 6) is 1.13. The van der Waals surface area contributed by atoms with E-state index in [1.54, 1.807) is 0 Å². The normalized spacial score (nSPS) is 29.0. The van der Waals surface area contributed by atoms with E-state index in [2.05, 4.69) is 50.3 Å². The minimum absolute atomic E-state index is 0.0978. The van der Waals surface area contributed by atoms with Crippen LogP contribution in [-0.2, 0) is 4.74 Å². The van der Waals surface area contributed by atoms with Crippen LogP contribution in [0.4, 0.5) is 0 Å². The maximum Gasteiger partial charge on any atom is 0.128 e. The van der Waals surface area contributed by atoms with Crippen molar-refractivity contribution in [2.75, 3.05) is 6.54 Å². The molecule has 0 saturated carbocycles. The van der Waals surface area contributed by atoms with E-state index in [0.717, 1.165) is 35.1 Å². The highest BCUT2D eigenvalue weighted by Crippen LogP contribution is 2.42. The molecule has 0 bridgehead atoms. The summed E-state index contributed by atoms with van der Waals surface area (Å²) in [7, 11) is 0. The van der Waals surface area contributed by atoms with Crippen LogP contribution in [-0.4, -0.2) is 32.7 Å². The van der Waals surface area contributed by atoms with Gasteiger partial charge in [0.05, 0.1) is 34.6 Å². The van der Waals surface area contributed by atoms with Gasteiger partial charge >= 0.3 is 0 Å². The molecule has 3 unspecified atom stereocenters. The Hall–Kier alpha value is -1.39. The Balaban J connectivity index is 1.93. The Morgan fingerprint density at radius 3 is 2.68 bits per heavy atom. The third kappa shape index (κ3) is 2.55. The number of rotatable bonds is 2. The van der Waals surface area contributed by atoms with Crippen LogP contribution in [0.2, 0.25) is 0 Å². The molecule has 1 aromatic rings. The molecule has 2 aliphatic rings. The van der Waals surface area contributed by atoms with Gasteiger partial charge in [-0.05, 0) is 47.1 Å². The number of aromatic nitrogens is 2. The van der Waals surface area contributed by atoms with Crippen molar-refractivity contribution in [3.63, 3.8) is 0 Å². The van der Waals surface area contributed by atoms with E-state index >= 15 is 0 Å². The number of imidazole rings is 1. The molecule has 0 aromatic carbocycles. The van der Waals surface area contributed by atoms with E-state index < -0.39 is 0 Å². The SMILES string of the molecule is C=C(C)/C=c1/nc2n(c1=C)C(C)N1CC(OC(C)(C)C)CC21. The Labute approximate surface area is 132 Å². The Kier molecular flexibility index (Phi) is 3.57. The molecule has 1 fully saturated rings. The highest BCUT2D eigenvalue weighted by Gasteiger charge is 2.45. The predicted molar refractivity (Wildman–Crippen MR) is 89.7 cm³/mol. The molecule has 2 aliphatic heterocycles. The average molecular weight is 301 g/mol. The van der Waals surface area contributed by atoms with Crippen LogP contribution >= 0.6 is 0 Å². The van der Waals surface area contributed by atoms with Gasteiger partial charge < -0.3 is 9.30 Å². The van der Waals surface area contributed by atoms with Gasteiger partial charge in [-0.3, -0.25) is 4.90 Å². The molecule has 0 spiro atoms. The first-order valence-corrected chi connectivity index (χ1v) is 8.05. The minimum Gasteiger partial charge on any atom is -0.371 e. The highest BCUT2D eigenvalue weighted by atomic mass is 16.5. The van der Waals surface area contributed by atoms with Crippen molar-refractivity contribution in [3.8, 4) is 0 Å². The van der Waals surface area contributed by atoms with Gasteiger partial charge in [0, 0.05) is 6.54 Å². The van der Waals surface area contributed by atoms with Gasteiger partial charge in [0.25, 0.3) is 0 Å². The lowest BCUT2D eigenvalue weighted by molar-refractivity contribution is -0.0564. The van der Waals surface area contributed by atoms with Crippen molar-refractivity contribution in [1.82, 2.24) is 14.5 Å². The van der Waals surface area contributed by atoms with E-state index in [0.29, 0.717) is 12.2 Å². The zero-order valence-electron chi connectivity index (χ0n) is 14.4. The summed E-state index contributed by atoms with van der Waals surface area (Å²) in [6.45, 7) is 19.7. The summed E-state index contributed by atoms with van der Waals surface area (Å²) in [5, 5.41) is 1.95. The van der Waals surface area contributed by atoms with E-state index in [1.165, 1.54) is 0 Å². The number of nitrogens with zero attached hydrogens (tertiary/aromatic N) is 3. The molecule has 1 aromatic heterocycles. The molecular formula is C18H27N3O. The van der Waals surface area contributed by atoms with Crippen LogP contribution in [0.1, 0.15) is 59.1 Å². The van der Waals surface area contributed by atoms with E-state index in [9.17, 15) is 0 Å². The molecule has 3 atom stereocenters. The van der Waals surface area contributed by atoms with Gasteiger partial charge in [0.1, 0.15) is 5.82 Å². The van der Waals surface area contributed by atoms with Crippen molar-refractivity contribution in [3.05, 3.63) is 28.7 Å². The largest absolute Gasteiger partial charge is 0.371 e. The van der Waals surface area contributed by atoms with Crippen molar-refractivity contribution in [1.29, 1.82) is 0 Å². The summed E-state index contributed by atoms with van der Waals surface area (Å²) < 4.78 is 8.45. The quantitative estimate of drug-likeness (QED) is 0.838. The minimum atomic E-state index is -0.0978. The predicted octanol–water partition coefficient (Wildman–Crippen LogP) is 2.11. The first-order chi connectivity index (χ1) is 10.2. The van der Waals surface area contributed by atoms with Crippen LogP contribution in [0.15, 0.2) is 12.2 Å². The van der Waals surface area contributed by atoms with Crippen molar-refractivity contribution in [2.24, 2.45) is 0 Å². The number of fused-ring (bicyclic) bond motifs is 3. The van der Waals surface area contributed by atoms with Gasteiger partial charge in [0.2, 0.25) is 0 Å². The molecule has 0 radical (unpaired) electrons. The van der Waals surface area contributed by atoms with Crippen molar-refractivity contribution < 1.29 is 4.74 Å². The summed E-state index contributed by atoms with van der Waals surface area (Å²) in [5.41, 5.74) is 0.908. The fourth-order valence-corrected chi connectivity index (χ4v) is 3.73. The van der Waals surface area contributed by atoms with Crippen molar-refractivity contribution in [2.45, 2.75) is 65.0 Å². The topological polar surface area (TPSA) is 30.3 Å². The van der Waals surface area contributed by atoms with Gasteiger partial charge in [-0.25, -0.2) is 4.98 Å². The summed E-state index contributed by atoms with van der Waals surface area (Å²) in [4.78, 5) is 7.33. The third-order valence-electron chi connectivity index (χ3n) is 4.42. The standard InChI is InChI=1S/C18H27N3O/c1-11(2)8-15-12(3)21-13(4)20-10-14(22-18(5,6)7)9-16(20)17(21)19-15/h8,13-14,16H,1,3,9-10H2,2,4-7H3/b15-8+. The van der Waals surface area contributed by atoms with Gasteiger partial charge in [-0.2, -0.15) is 0 Å². The van der Waals surface area contributed by atoms with Gasteiger partial charge in [0.15, 0.2) is 0 Å². The molecule has 3 heterocycles. The van der Waals surface area contributed by atoms with Crippen LogP contribution < -0.4 is 10.7 Å². The molecule has 0 aliphatic carbocycles. The molecule has 0 amide bonds. The lowest BCUT2D eigenvalue weighted by atomic mass is 10.1. The highest BCUT2D eigenvalue weighted by molar-refractivity contribution is 5.42. The Morgan fingerprint density at radius 1 is 1.41 bits per heavy atom. The van der Waals surface area contributed by atoms with Crippen LogP contribution in [0.3, 0.4) is 0 Å². The molecular weight excluding hydrogens is 274 g/mol. The van der Waals surface area contributed by atoms with Crippen LogP contribution in [0.5, 0.6) is 0 Å². The Morgan fingerprint density at radius 2 is 2.09 bits per heavy atom. The number of allylic oxidation sites excluding steroid dienone is 1. The molecule has 0 N–H and O–H groups in total. The van der Waals surface area contributed by atoms with Gasteiger partial charge in [-0.15, -0.1) is 0 Å². The molecule has 120 valence electrons. The average Bonchev–Trinajstić information content (AvgIpc) is 2.94. The van der Waals surface area contributed by atoms with Crippen molar-refractivity contribution >= 4 is 12.7 Å². The zero-order chi connectivity index (χ0) is 16.2. The zero-order valence-corrected chi connectivity index (χ0v) is 14.4. The lowest BCUT2D eigenvalue weighted by Crippen LogP contribution is -2.36. The Bertz CT molecular complexity index is 710. The second kappa shape index (κ2) is 5.07.